The molecule has 6 nitrogen and oxygen atoms in total. The molecule has 0 radical (unpaired) electrons. The predicted molar refractivity (Wildman–Crippen MR) is 132 cm³/mol. The van der Waals surface area contributed by atoms with Crippen LogP contribution < -0.4 is 0 Å². The number of thiazole rings is 1. The van der Waals surface area contributed by atoms with Gasteiger partial charge in [0.05, 0.1) is 27.6 Å². The van der Waals surface area contributed by atoms with E-state index in [0.717, 1.165) is 15.2 Å². The number of aromatic nitrogens is 4. The Morgan fingerprint density at radius 3 is 2.58 bits per heavy atom. The van der Waals surface area contributed by atoms with E-state index in [-0.39, 0.29) is 23.5 Å². The molecule has 2 aromatic carbocycles. The first-order valence-corrected chi connectivity index (χ1v) is 12.6. The SMILES string of the molecule is CC(C)Cn1c(SCC(=O)N(C)[C@@H](C)c2nc3ccccc3s2)nnc1-c1ccccc1F. The van der Waals surface area contributed by atoms with Crippen molar-refractivity contribution in [2.75, 3.05) is 12.8 Å². The zero-order valence-electron chi connectivity index (χ0n) is 19.0. The van der Waals surface area contributed by atoms with Gasteiger partial charge in [-0.05, 0) is 37.1 Å². The highest BCUT2D eigenvalue weighted by Gasteiger charge is 2.23. The fraction of sp³-hybridized carbons (Fsp3) is 0.333. The molecule has 0 fully saturated rings. The van der Waals surface area contributed by atoms with Crippen molar-refractivity contribution in [2.24, 2.45) is 5.92 Å². The predicted octanol–water partition coefficient (Wildman–Crippen LogP) is 5.66. The van der Waals surface area contributed by atoms with E-state index in [9.17, 15) is 9.18 Å². The number of fused-ring (bicyclic) bond motifs is 1. The summed E-state index contributed by atoms with van der Waals surface area (Å²) in [5.74, 6) is 0.626. The van der Waals surface area contributed by atoms with E-state index in [2.05, 4.69) is 29.0 Å². The molecule has 0 aliphatic carbocycles. The smallest absolute Gasteiger partial charge is 0.233 e. The third-order valence-electron chi connectivity index (χ3n) is 5.35. The summed E-state index contributed by atoms with van der Waals surface area (Å²) in [6.45, 7) is 6.78. The van der Waals surface area contributed by atoms with Crippen LogP contribution in [-0.4, -0.2) is 43.4 Å². The summed E-state index contributed by atoms with van der Waals surface area (Å²) in [6.07, 6.45) is 0. The van der Waals surface area contributed by atoms with Crippen LogP contribution in [-0.2, 0) is 11.3 Å². The molecule has 0 N–H and O–H groups in total. The standard InChI is InChI=1S/C24H26FN5OS2/c1-15(2)13-30-22(17-9-5-6-10-18(17)25)27-28-24(30)32-14-21(31)29(4)16(3)23-26-19-11-7-8-12-20(19)33-23/h5-12,15-16H,13-14H2,1-4H3/t16-/m0/s1. The molecule has 0 spiro atoms. The van der Waals surface area contributed by atoms with Gasteiger partial charge in [0.1, 0.15) is 10.8 Å². The summed E-state index contributed by atoms with van der Waals surface area (Å²) in [4.78, 5) is 19.4. The lowest BCUT2D eigenvalue weighted by Crippen LogP contribution is -2.31. The summed E-state index contributed by atoms with van der Waals surface area (Å²) < 4.78 is 17.4. The number of rotatable bonds is 8. The Kier molecular flexibility index (Phi) is 7.09. The number of amides is 1. The highest BCUT2D eigenvalue weighted by molar-refractivity contribution is 7.99. The average molecular weight is 484 g/mol. The first-order chi connectivity index (χ1) is 15.8. The third-order valence-corrected chi connectivity index (χ3v) is 7.50. The Balaban J connectivity index is 1.49. The van der Waals surface area contributed by atoms with E-state index < -0.39 is 0 Å². The van der Waals surface area contributed by atoms with Crippen molar-refractivity contribution in [3.05, 3.63) is 59.4 Å². The molecule has 4 rings (SSSR count). The largest absolute Gasteiger partial charge is 0.336 e. The maximum Gasteiger partial charge on any atom is 0.233 e. The van der Waals surface area contributed by atoms with E-state index >= 15 is 0 Å². The van der Waals surface area contributed by atoms with Crippen molar-refractivity contribution >= 4 is 39.2 Å². The lowest BCUT2D eigenvalue weighted by atomic mass is 10.2. The number of halogens is 1. The average Bonchev–Trinajstić information content (AvgIpc) is 3.40. The zero-order chi connectivity index (χ0) is 23.5. The number of para-hydroxylation sites is 1. The van der Waals surface area contributed by atoms with E-state index in [1.807, 2.05) is 35.8 Å². The van der Waals surface area contributed by atoms with Crippen LogP contribution in [0.2, 0.25) is 0 Å². The van der Waals surface area contributed by atoms with Crippen LogP contribution in [0.1, 0.15) is 31.8 Å². The fourth-order valence-electron chi connectivity index (χ4n) is 3.45. The van der Waals surface area contributed by atoms with Crippen LogP contribution in [0.5, 0.6) is 0 Å². The molecule has 9 heteroatoms. The maximum absolute atomic E-state index is 14.4. The number of nitrogens with zero attached hydrogens (tertiary/aromatic N) is 5. The first-order valence-electron chi connectivity index (χ1n) is 10.8. The summed E-state index contributed by atoms with van der Waals surface area (Å²) in [7, 11) is 1.79. The second kappa shape index (κ2) is 10.0. The highest BCUT2D eigenvalue weighted by atomic mass is 32.2. The maximum atomic E-state index is 14.4. The van der Waals surface area contributed by atoms with Gasteiger partial charge >= 0.3 is 0 Å². The van der Waals surface area contributed by atoms with Gasteiger partial charge in [-0.1, -0.05) is 49.9 Å². The van der Waals surface area contributed by atoms with Gasteiger partial charge in [-0.3, -0.25) is 4.79 Å². The molecule has 0 saturated carbocycles. The lowest BCUT2D eigenvalue weighted by molar-refractivity contribution is -0.128. The second-order valence-electron chi connectivity index (χ2n) is 8.28. The minimum Gasteiger partial charge on any atom is -0.336 e. The van der Waals surface area contributed by atoms with Crippen molar-refractivity contribution in [1.29, 1.82) is 0 Å². The van der Waals surface area contributed by atoms with Crippen molar-refractivity contribution in [2.45, 2.75) is 38.5 Å². The molecule has 0 unspecified atom stereocenters. The molecule has 4 aromatic rings. The Bertz CT molecular complexity index is 1240. The Morgan fingerprint density at radius 1 is 1.12 bits per heavy atom. The van der Waals surface area contributed by atoms with Crippen molar-refractivity contribution in [3.8, 4) is 11.4 Å². The molecular formula is C24H26FN5OS2. The van der Waals surface area contributed by atoms with Crippen LogP contribution in [0.25, 0.3) is 21.6 Å². The molecule has 2 aromatic heterocycles. The number of benzene rings is 2. The third kappa shape index (κ3) is 5.09. The molecule has 33 heavy (non-hydrogen) atoms. The van der Waals surface area contributed by atoms with Crippen LogP contribution in [0.3, 0.4) is 0 Å². The topological polar surface area (TPSA) is 63.9 Å². The monoisotopic (exact) mass is 483 g/mol. The zero-order valence-corrected chi connectivity index (χ0v) is 20.7. The normalized spacial score (nSPS) is 12.4. The molecule has 172 valence electrons. The molecule has 2 heterocycles. The quantitative estimate of drug-likeness (QED) is 0.303. The van der Waals surface area contributed by atoms with E-state index in [0.29, 0.717) is 29.0 Å². The number of carbonyl (C=O) groups is 1. The fourth-order valence-corrected chi connectivity index (χ4v) is 5.38. The van der Waals surface area contributed by atoms with Crippen LogP contribution in [0, 0.1) is 11.7 Å². The Labute approximate surface area is 200 Å². The van der Waals surface area contributed by atoms with Gasteiger partial charge in [0.2, 0.25) is 5.91 Å². The Hall–Kier alpha value is -2.78. The summed E-state index contributed by atoms with van der Waals surface area (Å²) >= 11 is 2.93. The molecule has 0 aliphatic rings. The number of hydrogen-bond donors (Lipinski definition) is 0. The molecule has 0 bridgehead atoms. The van der Waals surface area contributed by atoms with E-state index in [4.69, 9.17) is 0 Å². The molecular weight excluding hydrogens is 457 g/mol. The second-order valence-corrected chi connectivity index (χ2v) is 10.3. The summed E-state index contributed by atoms with van der Waals surface area (Å²) in [5, 5.41) is 10.0. The van der Waals surface area contributed by atoms with Gasteiger partial charge in [0.25, 0.3) is 0 Å². The van der Waals surface area contributed by atoms with Gasteiger partial charge in [-0.2, -0.15) is 0 Å². The van der Waals surface area contributed by atoms with Crippen LogP contribution >= 0.6 is 23.1 Å². The van der Waals surface area contributed by atoms with Crippen LogP contribution in [0.15, 0.2) is 53.7 Å². The summed E-state index contributed by atoms with van der Waals surface area (Å²) in [6, 6.07) is 14.4. The van der Waals surface area contributed by atoms with Gasteiger partial charge < -0.3 is 9.47 Å². The molecule has 1 amide bonds. The number of thioether (sulfide) groups is 1. The van der Waals surface area contributed by atoms with Gasteiger partial charge in [-0.25, -0.2) is 9.37 Å². The molecule has 0 saturated heterocycles. The molecule has 0 aliphatic heterocycles. The van der Waals surface area contributed by atoms with Gasteiger partial charge in [0, 0.05) is 13.6 Å². The minimum atomic E-state index is -0.341. The van der Waals surface area contributed by atoms with Gasteiger partial charge in [0.15, 0.2) is 11.0 Å². The van der Waals surface area contributed by atoms with Crippen molar-refractivity contribution in [3.63, 3.8) is 0 Å². The number of carbonyl (C=O) groups excluding carboxylic acids is 1. The van der Waals surface area contributed by atoms with Crippen LogP contribution in [0.4, 0.5) is 4.39 Å². The highest BCUT2D eigenvalue weighted by Crippen LogP contribution is 2.30. The minimum absolute atomic E-state index is 0.0294. The van der Waals surface area contributed by atoms with E-state index in [1.54, 1.807) is 41.5 Å². The Morgan fingerprint density at radius 2 is 1.85 bits per heavy atom. The van der Waals surface area contributed by atoms with Crippen molar-refractivity contribution < 1.29 is 9.18 Å². The lowest BCUT2D eigenvalue weighted by Gasteiger charge is -2.23. The van der Waals surface area contributed by atoms with E-state index in [1.165, 1.54) is 17.8 Å². The molecule has 1 atom stereocenters. The van der Waals surface area contributed by atoms with Crippen molar-refractivity contribution in [1.82, 2.24) is 24.6 Å². The number of hydrogen-bond acceptors (Lipinski definition) is 6. The summed E-state index contributed by atoms with van der Waals surface area (Å²) in [5.41, 5.74) is 1.35. The first kappa shape index (κ1) is 23.4. The van der Waals surface area contributed by atoms with Gasteiger partial charge in [-0.15, -0.1) is 21.5 Å².